The molecule has 0 saturated carbocycles. The van der Waals surface area contributed by atoms with Gasteiger partial charge in [-0.1, -0.05) is 16.8 Å². The Balaban J connectivity index is 1.39. The molecular weight excluding hydrogens is 395 g/mol. The van der Waals surface area contributed by atoms with Crippen molar-refractivity contribution in [3.05, 3.63) is 57.3 Å². The van der Waals surface area contributed by atoms with Gasteiger partial charge in [-0.2, -0.15) is 0 Å². The molecule has 0 atom stereocenters. The molecule has 1 aliphatic heterocycles. The van der Waals surface area contributed by atoms with E-state index in [0.29, 0.717) is 46.5 Å². The van der Waals surface area contributed by atoms with E-state index >= 15 is 0 Å². The molecule has 1 amide bonds. The molecule has 6 nitrogen and oxygen atoms in total. The second-order valence-corrected chi connectivity index (χ2v) is 7.56. The highest BCUT2D eigenvalue weighted by molar-refractivity contribution is 7.19. The lowest BCUT2D eigenvalue weighted by Gasteiger charge is -2.20. The maximum Gasteiger partial charge on any atom is 0.273 e. The number of thiophene rings is 1. The van der Waals surface area contributed by atoms with E-state index in [9.17, 15) is 9.18 Å². The van der Waals surface area contributed by atoms with Gasteiger partial charge in [-0.3, -0.25) is 4.79 Å². The zero-order valence-corrected chi connectivity index (χ0v) is 15.5. The number of benzene rings is 1. The van der Waals surface area contributed by atoms with E-state index in [-0.39, 0.29) is 24.2 Å². The van der Waals surface area contributed by atoms with E-state index in [2.05, 4.69) is 10.5 Å². The zero-order valence-electron chi connectivity index (χ0n) is 14.0. The number of aromatic nitrogens is 1. The highest BCUT2D eigenvalue weighted by atomic mass is 35.5. The number of halogens is 2. The first-order chi connectivity index (χ1) is 13.1. The topological polar surface area (TPSA) is 73.6 Å². The van der Waals surface area contributed by atoms with Gasteiger partial charge in [0.1, 0.15) is 11.6 Å². The molecule has 1 aliphatic rings. The highest BCUT2D eigenvalue weighted by Crippen LogP contribution is 2.31. The number of ether oxygens (including phenoxy) is 2. The fraction of sp³-hybridized carbons (Fsp3) is 0.222. The van der Waals surface area contributed by atoms with Gasteiger partial charge in [0.15, 0.2) is 18.2 Å². The summed E-state index contributed by atoms with van der Waals surface area (Å²) in [5.41, 5.74) is 1.52. The van der Waals surface area contributed by atoms with Gasteiger partial charge in [0, 0.05) is 18.2 Å². The molecule has 4 rings (SSSR count). The second kappa shape index (κ2) is 7.67. The van der Waals surface area contributed by atoms with E-state index in [1.54, 1.807) is 18.2 Å². The van der Waals surface area contributed by atoms with Crippen molar-refractivity contribution in [2.45, 2.75) is 13.0 Å². The molecule has 1 aromatic carbocycles. The third-order valence-corrected chi connectivity index (χ3v) is 5.24. The summed E-state index contributed by atoms with van der Waals surface area (Å²) < 4.78 is 30.2. The Kier molecular flexibility index (Phi) is 5.11. The minimum absolute atomic E-state index is 0.131. The van der Waals surface area contributed by atoms with Gasteiger partial charge in [-0.15, -0.1) is 11.3 Å². The average Bonchev–Trinajstić information content (AvgIpc) is 3.30. The fourth-order valence-electron chi connectivity index (χ4n) is 2.79. The van der Waals surface area contributed by atoms with Crippen molar-refractivity contribution < 1.29 is 23.2 Å². The minimum atomic E-state index is -0.373. The number of fused-ring (bicyclic) bond motifs is 1. The number of hydrogen-bond donors (Lipinski definition) is 1. The first kappa shape index (κ1) is 18.0. The number of hydrogen-bond acceptors (Lipinski definition) is 6. The summed E-state index contributed by atoms with van der Waals surface area (Å²) in [5.74, 6) is 0.363. The van der Waals surface area contributed by atoms with E-state index in [1.807, 2.05) is 0 Å². The van der Waals surface area contributed by atoms with Crippen molar-refractivity contribution in [3.8, 4) is 16.4 Å². The van der Waals surface area contributed by atoms with Gasteiger partial charge in [0.2, 0.25) is 0 Å². The maximum atomic E-state index is 13.7. The molecule has 0 bridgehead atoms. The quantitative estimate of drug-likeness (QED) is 0.689. The third-order valence-electron chi connectivity index (χ3n) is 3.99. The third kappa shape index (κ3) is 3.97. The van der Waals surface area contributed by atoms with Crippen molar-refractivity contribution in [1.29, 1.82) is 0 Å². The number of carbonyl (C=O) groups excluding carboxylic acids is 1. The lowest BCUT2D eigenvalue weighted by molar-refractivity contribution is -0.0172. The van der Waals surface area contributed by atoms with Crippen molar-refractivity contribution >= 4 is 28.8 Å². The SMILES string of the molecule is O=C(NCCc1cc(F)cc2c1OCOC2)c1cc(-c2ccc(Cl)s2)on1. The van der Waals surface area contributed by atoms with Crippen LogP contribution in [0.4, 0.5) is 4.39 Å². The lowest BCUT2D eigenvalue weighted by Crippen LogP contribution is -2.26. The van der Waals surface area contributed by atoms with Crippen LogP contribution in [0.3, 0.4) is 0 Å². The van der Waals surface area contributed by atoms with Gasteiger partial charge in [-0.25, -0.2) is 4.39 Å². The largest absolute Gasteiger partial charge is 0.467 e. The van der Waals surface area contributed by atoms with Crippen LogP contribution in [0.2, 0.25) is 4.34 Å². The number of nitrogens with zero attached hydrogens (tertiary/aromatic N) is 1. The molecule has 0 saturated heterocycles. The number of carbonyl (C=O) groups is 1. The van der Waals surface area contributed by atoms with Crippen LogP contribution >= 0.6 is 22.9 Å². The van der Waals surface area contributed by atoms with Crippen LogP contribution in [-0.4, -0.2) is 24.4 Å². The van der Waals surface area contributed by atoms with Crippen molar-refractivity contribution in [2.24, 2.45) is 0 Å². The predicted octanol–water partition coefficient (Wildman–Crippen LogP) is 4.03. The Labute approximate surface area is 162 Å². The molecule has 0 fully saturated rings. The summed E-state index contributed by atoms with van der Waals surface area (Å²) in [5, 5.41) is 6.54. The molecule has 140 valence electrons. The smallest absolute Gasteiger partial charge is 0.273 e. The molecule has 3 aromatic rings. The monoisotopic (exact) mass is 408 g/mol. The molecule has 27 heavy (non-hydrogen) atoms. The van der Waals surface area contributed by atoms with Crippen LogP contribution in [0.1, 0.15) is 21.6 Å². The highest BCUT2D eigenvalue weighted by Gasteiger charge is 2.18. The van der Waals surface area contributed by atoms with E-state index < -0.39 is 0 Å². The first-order valence-electron chi connectivity index (χ1n) is 8.12. The first-order valence-corrected chi connectivity index (χ1v) is 9.32. The van der Waals surface area contributed by atoms with Crippen molar-refractivity contribution in [1.82, 2.24) is 10.5 Å². The Morgan fingerprint density at radius 1 is 1.33 bits per heavy atom. The van der Waals surface area contributed by atoms with Crippen LogP contribution in [0.15, 0.2) is 34.9 Å². The summed E-state index contributed by atoms with van der Waals surface area (Å²) >= 11 is 7.24. The summed E-state index contributed by atoms with van der Waals surface area (Å²) in [6, 6.07) is 7.90. The molecule has 0 aliphatic carbocycles. The van der Waals surface area contributed by atoms with Crippen LogP contribution in [0.25, 0.3) is 10.6 Å². The number of amides is 1. The normalized spacial score (nSPS) is 13.1. The van der Waals surface area contributed by atoms with E-state index in [4.69, 9.17) is 25.6 Å². The van der Waals surface area contributed by atoms with E-state index in [0.717, 1.165) is 4.88 Å². The van der Waals surface area contributed by atoms with Gasteiger partial charge < -0.3 is 19.3 Å². The molecule has 3 heterocycles. The Hall–Kier alpha value is -2.42. The van der Waals surface area contributed by atoms with Crippen LogP contribution in [0.5, 0.6) is 5.75 Å². The van der Waals surface area contributed by atoms with Gasteiger partial charge in [-0.05, 0) is 36.2 Å². The predicted molar refractivity (Wildman–Crippen MR) is 97.5 cm³/mol. The Morgan fingerprint density at radius 3 is 3.04 bits per heavy atom. The molecule has 0 radical (unpaired) electrons. The standard InChI is InChI=1S/C18H14ClFN2O4S/c19-16-2-1-15(27-16)14-7-13(22-26-14)18(23)21-4-3-10-5-12(20)6-11-8-24-9-25-17(10)11/h1-2,5-7H,3-4,8-9H2,(H,21,23). The minimum Gasteiger partial charge on any atom is -0.467 e. The van der Waals surface area contributed by atoms with Gasteiger partial charge >= 0.3 is 0 Å². The molecule has 0 unspecified atom stereocenters. The zero-order chi connectivity index (χ0) is 18.8. The number of nitrogens with one attached hydrogen (secondary N) is 1. The molecular formula is C18H14ClFN2O4S. The summed E-state index contributed by atoms with van der Waals surface area (Å²) in [6.07, 6.45) is 0.414. The van der Waals surface area contributed by atoms with Gasteiger partial charge in [0.05, 0.1) is 15.8 Å². The van der Waals surface area contributed by atoms with Crippen LogP contribution < -0.4 is 10.1 Å². The van der Waals surface area contributed by atoms with Crippen molar-refractivity contribution in [2.75, 3.05) is 13.3 Å². The Morgan fingerprint density at radius 2 is 2.22 bits per heavy atom. The number of rotatable bonds is 5. The molecule has 2 aromatic heterocycles. The van der Waals surface area contributed by atoms with Crippen LogP contribution in [-0.2, 0) is 17.8 Å². The maximum absolute atomic E-state index is 13.7. The summed E-state index contributed by atoms with van der Waals surface area (Å²) in [6.45, 7) is 0.735. The molecule has 9 heteroatoms. The van der Waals surface area contributed by atoms with E-state index in [1.165, 1.54) is 23.5 Å². The van der Waals surface area contributed by atoms with Gasteiger partial charge in [0.25, 0.3) is 5.91 Å². The van der Waals surface area contributed by atoms with Crippen LogP contribution in [0, 0.1) is 5.82 Å². The molecule has 1 N–H and O–H groups in total. The average molecular weight is 409 g/mol. The summed E-state index contributed by atoms with van der Waals surface area (Å²) in [7, 11) is 0. The molecule has 0 spiro atoms. The second-order valence-electron chi connectivity index (χ2n) is 5.85. The lowest BCUT2D eigenvalue weighted by atomic mass is 10.1. The Bertz CT molecular complexity index is 988. The fourth-order valence-corrected chi connectivity index (χ4v) is 3.78. The summed E-state index contributed by atoms with van der Waals surface area (Å²) in [4.78, 5) is 13.0. The van der Waals surface area contributed by atoms with Crippen molar-refractivity contribution in [3.63, 3.8) is 0 Å².